The number of likely N-dealkylation sites (N-methyl/N-ethyl adjacent to an activating group) is 1. The van der Waals surface area contributed by atoms with Gasteiger partial charge in [0.05, 0.1) is 12.7 Å². The first-order valence-electron chi connectivity index (χ1n) is 9.33. The van der Waals surface area contributed by atoms with E-state index >= 15 is 0 Å². The van der Waals surface area contributed by atoms with Crippen LogP contribution in [0.15, 0.2) is 36.4 Å². The molecule has 1 fully saturated rings. The number of carboxylic acid groups (broad SMARTS) is 2. The van der Waals surface area contributed by atoms with Crippen LogP contribution in [0.4, 0.5) is 0 Å². The fourth-order valence-electron chi connectivity index (χ4n) is 3.44. The van der Waals surface area contributed by atoms with Crippen molar-refractivity contribution in [3.05, 3.63) is 42.0 Å². The summed E-state index contributed by atoms with van der Waals surface area (Å²) in [5.41, 5.74) is 0.654. The molecule has 1 aromatic carbocycles. The second-order valence-electron chi connectivity index (χ2n) is 7.26. The number of carbonyl (C=O) groups is 2. The van der Waals surface area contributed by atoms with Crippen molar-refractivity contribution in [2.24, 2.45) is 0 Å². The largest absolute Gasteiger partial charge is 0.497 e. The lowest BCUT2D eigenvalue weighted by Crippen LogP contribution is -2.42. The summed E-state index contributed by atoms with van der Waals surface area (Å²) >= 11 is 0. The van der Waals surface area contributed by atoms with Gasteiger partial charge in [0.2, 0.25) is 0 Å². The molecule has 0 heterocycles. The molecule has 0 aromatic heterocycles. The molecule has 0 aliphatic heterocycles. The van der Waals surface area contributed by atoms with E-state index in [4.69, 9.17) is 14.9 Å². The van der Waals surface area contributed by atoms with E-state index in [-0.39, 0.29) is 5.92 Å². The van der Waals surface area contributed by atoms with Crippen LogP contribution >= 0.6 is 0 Å². The molecular formula is C21H31NO6. The van der Waals surface area contributed by atoms with Gasteiger partial charge in [-0.25, -0.2) is 9.59 Å². The van der Waals surface area contributed by atoms with E-state index in [1.54, 1.807) is 7.11 Å². The second kappa shape index (κ2) is 11.5. The number of rotatable bonds is 7. The summed E-state index contributed by atoms with van der Waals surface area (Å²) in [6.07, 6.45) is 6.46. The summed E-state index contributed by atoms with van der Waals surface area (Å²) in [6.45, 7) is 0.878. The molecule has 0 amide bonds. The summed E-state index contributed by atoms with van der Waals surface area (Å²) in [7, 11) is 5.83. The van der Waals surface area contributed by atoms with Gasteiger partial charge in [-0.1, -0.05) is 31.4 Å². The zero-order valence-corrected chi connectivity index (χ0v) is 16.8. The van der Waals surface area contributed by atoms with Crippen molar-refractivity contribution in [1.82, 2.24) is 4.90 Å². The van der Waals surface area contributed by atoms with Crippen LogP contribution in [0.25, 0.3) is 0 Å². The standard InChI is InChI=1S/C17H27NO2.C4H4O4/c1-18(2)13-16(17(19)11-5-4-6-12-17)14-7-9-15(20-3)10-8-14;5-3(6)1-2-4(7)8/h7-10,16,19H,4-6,11-13H2,1-3H3;1-2H,(H,5,6)(H,7,8). The summed E-state index contributed by atoms with van der Waals surface area (Å²) in [5, 5.41) is 26.7. The predicted molar refractivity (Wildman–Crippen MR) is 107 cm³/mol. The average Bonchev–Trinajstić information content (AvgIpc) is 2.65. The minimum absolute atomic E-state index is 0.170. The Hall–Kier alpha value is -2.38. The number of aliphatic carboxylic acids is 2. The van der Waals surface area contributed by atoms with Crippen LogP contribution in [0.1, 0.15) is 43.6 Å². The fourth-order valence-corrected chi connectivity index (χ4v) is 3.44. The maximum atomic E-state index is 11.1. The molecule has 7 heteroatoms. The highest BCUT2D eigenvalue weighted by Crippen LogP contribution is 2.40. The van der Waals surface area contributed by atoms with Gasteiger partial charge in [-0.2, -0.15) is 0 Å². The maximum absolute atomic E-state index is 11.1. The number of methoxy groups -OCH3 is 1. The summed E-state index contributed by atoms with van der Waals surface area (Å²) in [6, 6.07) is 8.17. The molecule has 0 saturated heterocycles. The predicted octanol–water partition coefficient (Wildman–Crippen LogP) is 2.75. The van der Waals surface area contributed by atoms with Gasteiger partial charge in [0.1, 0.15) is 5.75 Å². The number of carboxylic acids is 2. The van der Waals surface area contributed by atoms with E-state index in [1.807, 2.05) is 12.1 Å². The molecule has 1 saturated carbocycles. The van der Waals surface area contributed by atoms with Gasteiger partial charge >= 0.3 is 11.9 Å². The van der Waals surface area contributed by atoms with Crippen molar-refractivity contribution in [3.8, 4) is 5.75 Å². The maximum Gasteiger partial charge on any atom is 0.328 e. The van der Waals surface area contributed by atoms with Crippen molar-refractivity contribution in [2.75, 3.05) is 27.7 Å². The second-order valence-corrected chi connectivity index (χ2v) is 7.26. The average molecular weight is 393 g/mol. The number of ether oxygens (including phenoxy) is 1. The summed E-state index contributed by atoms with van der Waals surface area (Å²) in [5.74, 6) is -1.48. The van der Waals surface area contributed by atoms with Gasteiger partial charge in [-0.3, -0.25) is 0 Å². The van der Waals surface area contributed by atoms with Crippen LogP contribution in [0, 0.1) is 0 Å². The molecule has 0 spiro atoms. The number of benzene rings is 1. The lowest BCUT2D eigenvalue weighted by molar-refractivity contribution is -0.134. The van der Waals surface area contributed by atoms with Crippen LogP contribution in [0.3, 0.4) is 0 Å². The van der Waals surface area contributed by atoms with Crippen molar-refractivity contribution in [3.63, 3.8) is 0 Å². The Morgan fingerprint density at radius 1 is 1.07 bits per heavy atom. The molecule has 1 aliphatic rings. The highest BCUT2D eigenvalue weighted by atomic mass is 16.5. The molecule has 7 nitrogen and oxygen atoms in total. The Morgan fingerprint density at radius 2 is 1.57 bits per heavy atom. The first-order valence-corrected chi connectivity index (χ1v) is 9.33. The summed E-state index contributed by atoms with van der Waals surface area (Å²) < 4.78 is 5.23. The Labute approximate surface area is 166 Å². The van der Waals surface area contributed by atoms with Gasteiger partial charge in [0.25, 0.3) is 0 Å². The van der Waals surface area contributed by atoms with E-state index in [9.17, 15) is 14.7 Å². The quantitative estimate of drug-likeness (QED) is 0.611. The van der Waals surface area contributed by atoms with Crippen LogP contribution in [0.5, 0.6) is 5.75 Å². The van der Waals surface area contributed by atoms with E-state index in [0.717, 1.165) is 38.0 Å². The smallest absolute Gasteiger partial charge is 0.328 e. The van der Waals surface area contributed by atoms with Gasteiger partial charge in [-0.05, 0) is 44.6 Å². The van der Waals surface area contributed by atoms with Crippen molar-refractivity contribution >= 4 is 11.9 Å². The third kappa shape index (κ3) is 8.10. The van der Waals surface area contributed by atoms with Gasteiger partial charge < -0.3 is 25.0 Å². The van der Waals surface area contributed by atoms with E-state index < -0.39 is 17.5 Å². The molecule has 1 aliphatic carbocycles. The molecule has 28 heavy (non-hydrogen) atoms. The molecule has 0 bridgehead atoms. The Balaban J connectivity index is 0.000000416. The van der Waals surface area contributed by atoms with E-state index in [0.29, 0.717) is 12.2 Å². The monoisotopic (exact) mass is 393 g/mol. The number of hydrogen-bond acceptors (Lipinski definition) is 5. The minimum Gasteiger partial charge on any atom is -0.497 e. The van der Waals surface area contributed by atoms with Gasteiger partial charge in [0, 0.05) is 24.6 Å². The van der Waals surface area contributed by atoms with Crippen LogP contribution < -0.4 is 4.74 Å². The lowest BCUT2D eigenvalue weighted by Gasteiger charge is -2.40. The van der Waals surface area contributed by atoms with Crippen LogP contribution in [-0.2, 0) is 9.59 Å². The molecule has 0 radical (unpaired) electrons. The highest BCUT2D eigenvalue weighted by molar-refractivity contribution is 5.89. The third-order valence-electron chi connectivity index (χ3n) is 4.80. The van der Waals surface area contributed by atoms with Crippen molar-refractivity contribution in [2.45, 2.75) is 43.6 Å². The summed E-state index contributed by atoms with van der Waals surface area (Å²) in [4.78, 5) is 21.3. The van der Waals surface area contributed by atoms with Crippen LogP contribution in [-0.4, -0.2) is 65.5 Å². The first-order chi connectivity index (χ1) is 13.2. The Kier molecular flexibility index (Phi) is 9.68. The Bertz CT molecular complexity index is 631. The molecule has 1 unspecified atom stereocenters. The fraction of sp³-hybridized carbons (Fsp3) is 0.524. The molecular weight excluding hydrogens is 362 g/mol. The van der Waals surface area contributed by atoms with Crippen molar-refractivity contribution in [1.29, 1.82) is 0 Å². The van der Waals surface area contributed by atoms with E-state index in [1.165, 1.54) is 12.0 Å². The molecule has 2 rings (SSSR count). The zero-order valence-electron chi connectivity index (χ0n) is 16.8. The molecule has 3 N–H and O–H groups in total. The van der Waals surface area contributed by atoms with Gasteiger partial charge in [-0.15, -0.1) is 0 Å². The topological polar surface area (TPSA) is 107 Å². The number of aliphatic hydroxyl groups is 1. The third-order valence-corrected chi connectivity index (χ3v) is 4.80. The normalized spacial score (nSPS) is 16.9. The number of nitrogens with zero attached hydrogens (tertiary/aromatic N) is 1. The molecule has 156 valence electrons. The highest BCUT2D eigenvalue weighted by Gasteiger charge is 2.38. The zero-order chi connectivity index (χ0) is 21.2. The van der Waals surface area contributed by atoms with Crippen molar-refractivity contribution < 1.29 is 29.6 Å². The van der Waals surface area contributed by atoms with Gasteiger partial charge in [0.15, 0.2) is 0 Å². The SMILES string of the molecule is COc1ccc(C(CN(C)C)C2(O)CCCCC2)cc1.O=C(O)C=CC(=O)O. The molecule has 1 atom stereocenters. The number of hydrogen-bond donors (Lipinski definition) is 3. The first kappa shape index (κ1) is 23.7. The Morgan fingerprint density at radius 3 is 1.96 bits per heavy atom. The lowest BCUT2D eigenvalue weighted by atomic mass is 9.72. The van der Waals surface area contributed by atoms with E-state index in [2.05, 4.69) is 31.1 Å². The van der Waals surface area contributed by atoms with Crippen LogP contribution in [0.2, 0.25) is 0 Å². The minimum atomic E-state index is -1.26. The molecule has 1 aromatic rings.